The number of aromatic nitrogens is 3. The number of nitrogens with zero attached hydrogens (tertiary/aromatic N) is 3. The van der Waals surface area contributed by atoms with Crippen molar-refractivity contribution in [3.05, 3.63) is 76.7 Å². The molecule has 0 saturated heterocycles. The van der Waals surface area contributed by atoms with Crippen LogP contribution in [0.1, 0.15) is 43.9 Å². The molecule has 0 fully saturated rings. The van der Waals surface area contributed by atoms with Crippen LogP contribution in [-0.2, 0) is 11.8 Å². The summed E-state index contributed by atoms with van der Waals surface area (Å²) in [7, 11) is 1.81. The van der Waals surface area contributed by atoms with Gasteiger partial charge in [-0.15, -0.1) is 0 Å². The molecule has 10 heteroatoms. The average Bonchev–Trinajstić information content (AvgIpc) is 3.18. The number of carboxylic acids is 1. The number of carbonyl (C=O) groups excluding carboxylic acids is 1. The third kappa shape index (κ3) is 7.14. The van der Waals surface area contributed by atoms with Crippen LogP contribution < -0.4 is 34.7 Å². The minimum Gasteiger partial charge on any atom is -0.550 e. The summed E-state index contributed by atoms with van der Waals surface area (Å²) in [6.45, 7) is 3.99. The zero-order valence-corrected chi connectivity index (χ0v) is 25.0. The number of carboxylic acid groups (broad SMARTS) is 1. The number of hydrogen-bond donors (Lipinski definition) is 2. The Morgan fingerprint density at radius 2 is 1.72 bits per heavy atom. The first-order valence-corrected chi connectivity index (χ1v) is 12.6. The molecule has 2 atom stereocenters. The summed E-state index contributed by atoms with van der Waals surface area (Å²) >= 11 is 6.12. The number of carbonyl (C=O) groups is 1. The molecule has 4 aromatic rings. The van der Waals surface area contributed by atoms with E-state index in [2.05, 4.69) is 0 Å². The number of benzene rings is 2. The molecule has 2 N–H and O–H groups in total. The van der Waals surface area contributed by atoms with E-state index in [4.69, 9.17) is 21.7 Å². The molecule has 2 aromatic heterocycles. The maximum Gasteiger partial charge on any atom is 1.00 e. The van der Waals surface area contributed by atoms with Gasteiger partial charge in [0.15, 0.2) is 5.65 Å². The van der Waals surface area contributed by atoms with Crippen molar-refractivity contribution in [3.8, 4) is 22.4 Å². The molecule has 0 aliphatic heterocycles. The van der Waals surface area contributed by atoms with Gasteiger partial charge in [0, 0.05) is 47.6 Å². The molecule has 0 radical (unpaired) electrons. The van der Waals surface area contributed by atoms with Crippen LogP contribution in [-0.4, -0.2) is 43.2 Å². The molecule has 4 rings (SSSR count). The first-order valence-electron chi connectivity index (χ1n) is 12.2. The first-order chi connectivity index (χ1) is 18.0. The van der Waals surface area contributed by atoms with Crippen molar-refractivity contribution in [2.45, 2.75) is 44.8 Å². The Balaban J connectivity index is 0.00000420. The summed E-state index contributed by atoms with van der Waals surface area (Å²) in [5.74, 6) is -1.79. The number of fused-ring (bicyclic) bond motifs is 1. The molecule has 198 valence electrons. The molecular formula is C29H28ClFN3NaO4. The molecule has 7 nitrogen and oxygen atoms in total. The number of rotatable bonds is 9. The van der Waals surface area contributed by atoms with Crippen molar-refractivity contribution in [1.82, 2.24) is 14.8 Å². The van der Waals surface area contributed by atoms with Crippen LogP contribution >= 0.6 is 11.6 Å². The van der Waals surface area contributed by atoms with Gasteiger partial charge in [-0.3, -0.25) is 0 Å². The molecule has 0 aliphatic rings. The maximum atomic E-state index is 13.9. The van der Waals surface area contributed by atoms with E-state index in [0.29, 0.717) is 21.9 Å². The number of aryl methyl sites for hydroxylation is 1. The average molecular weight is 560 g/mol. The van der Waals surface area contributed by atoms with Gasteiger partial charge in [-0.2, -0.15) is 5.10 Å². The van der Waals surface area contributed by atoms with E-state index in [0.717, 1.165) is 27.8 Å². The second kappa shape index (κ2) is 13.2. The number of aliphatic carboxylic acids is 1. The number of aliphatic hydroxyl groups is 2. The van der Waals surface area contributed by atoms with E-state index in [1.54, 1.807) is 35.0 Å². The molecule has 0 saturated carbocycles. The predicted molar refractivity (Wildman–Crippen MR) is 144 cm³/mol. The standard InChI is InChI=1S/C29H29ClFN3O4.Na/c1-16(2)27-23(13-12-21(35)14-22(36)15-24(37)38)25(17-6-10-20(31)11-7-17)26-28(33-34(3)29(26)32-27)18-4-8-19(30)9-5-18;/h4-13,16,21-22,35-36H,14-15H2,1-3H3,(H,37,38);/q;+1/p-1/b13-12+;. The molecular weight excluding hydrogens is 532 g/mol. The fourth-order valence-corrected chi connectivity index (χ4v) is 4.61. The Morgan fingerprint density at radius 3 is 2.31 bits per heavy atom. The normalized spacial score (nSPS) is 13.1. The second-order valence-corrected chi connectivity index (χ2v) is 9.95. The minimum atomic E-state index is -1.39. The van der Waals surface area contributed by atoms with E-state index in [9.17, 15) is 24.5 Å². The summed E-state index contributed by atoms with van der Waals surface area (Å²) in [4.78, 5) is 15.7. The van der Waals surface area contributed by atoms with Gasteiger partial charge in [0.2, 0.25) is 0 Å². The third-order valence-electron chi connectivity index (χ3n) is 6.24. The van der Waals surface area contributed by atoms with E-state index in [-0.39, 0.29) is 47.7 Å². The third-order valence-corrected chi connectivity index (χ3v) is 6.49. The molecule has 0 amide bonds. The van der Waals surface area contributed by atoms with Crippen molar-refractivity contribution in [3.63, 3.8) is 0 Å². The van der Waals surface area contributed by atoms with E-state index in [1.165, 1.54) is 18.2 Å². The van der Waals surface area contributed by atoms with Crippen LogP contribution in [0.25, 0.3) is 39.5 Å². The molecule has 0 bridgehead atoms. The van der Waals surface area contributed by atoms with Crippen LogP contribution in [0.4, 0.5) is 4.39 Å². The molecule has 0 aliphatic carbocycles. The van der Waals surface area contributed by atoms with Gasteiger partial charge in [-0.05, 0) is 35.7 Å². The van der Waals surface area contributed by atoms with E-state index >= 15 is 0 Å². The number of pyridine rings is 1. The molecule has 39 heavy (non-hydrogen) atoms. The van der Waals surface area contributed by atoms with Crippen LogP contribution in [0.5, 0.6) is 0 Å². The number of halogens is 2. The van der Waals surface area contributed by atoms with Gasteiger partial charge in [0.05, 0.1) is 23.3 Å². The van der Waals surface area contributed by atoms with Gasteiger partial charge in [0.25, 0.3) is 0 Å². The summed E-state index contributed by atoms with van der Waals surface area (Å²) in [5, 5.41) is 37.4. The van der Waals surface area contributed by atoms with Gasteiger partial charge in [-0.1, -0.05) is 61.9 Å². The molecule has 2 heterocycles. The maximum absolute atomic E-state index is 13.9. The van der Waals surface area contributed by atoms with Crippen LogP contribution in [0, 0.1) is 5.82 Å². The van der Waals surface area contributed by atoms with Gasteiger partial charge in [-0.25, -0.2) is 14.1 Å². The van der Waals surface area contributed by atoms with Crippen LogP contribution in [0.15, 0.2) is 54.6 Å². The van der Waals surface area contributed by atoms with Crippen LogP contribution in [0.3, 0.4) is 0 Å². The van der Waals surface area contributed by atoms with Gasteiger partial charge >= 0.3 is 29.6 Å². The van der Waals surface area contributed by atoms with Crippen molar-refractivity contribution in [2.24, 2.45) is 7.05 Å². The Labute approximate surface area is 253 Å². The van der Waals surface area contributed by atoms with Gasteiger partial charge < -0.3 is 20.1 Å². The Morgan fingerprint density at radius 1 is 1.10 bits per heavy atom. The summed E-state index contributed by atoms with van der Waals surface area (Å²) < 4.78 is 15.6. The Hall–Kier alpha value is -2.59. The monoisotopic (exact) mass is 559 g/mol. The summed E-state index contributed by atoms with van der Waals surface area (Å²) in [6.07, 6.45) is 0.0958. The van der Waals surface area contributed by atoms with Crippen molar-refractivity contribution in [2.75, 3.05) is 0 Å². The van der Waals surface area contributed by atoms with Crippen molar-refractivity contribution < 1.29 is 54.1 Å². The zero-order valence-electron chi connectivity index (χ0n) is 22.2. The minimum absolute atomic E-state index is 0. The number of aliphatic hydroxyl groups excluding tert-OH is 2. The molecule has 2 aromatic carbocycles. The fraction of sp³-hybridized carbons (Fsp3) is 0.276. The largest absolute Gasteiger partial charge is 1.00 e. The zero-order chi connectivity index (χ0) is 27.6. The summed E-state index contributed by atoms with van der Waals surface area (Å²) in [6, 6.07) is 13.4. The molecule has 2 unspecified atom stereocenters. The van der Waals surface area contributed by atoms with Crippen molar-refractivity contribution in [1.29, 1.82) is 0 Å². The summed E-state index contributed by atoms with van der Waals surface area (Å²) in [5.41, 5.74) is 5.06. The molecule has 0 spiro atoms. The van der Waals surface area contributed by atoms with Gasteiger partial charge in [0.1, 0.15) is 11.5 Å². The van der Waals surface area contributed by atoms with E-state index in [1.807, 2.05) is 33.0 Å². The quantitative estimate of drug-likeness (QED) is 0.301. The van der Waals surface area contributed by atoms with E-state index < -0.39 is 24.6 Å². The predicted octanol–water partition coefficient (Wildman–Crippen LogP) is 1.49. The van der Waals surface area contributed by atoms with Crippen LogP contribution in [0.2, 0.25) is 5.02 Å². The van der Waals surface area contributed by atoms with Crippen molar-refractivity contribution >= 4 is 34.7 Å². The Bertz CT molecular complexity index is 1490. The second-order valence-electron chi connectivity index (χ2n) is 9.52. The first kappa shape index (κ1) is 30.9. The Kier molecular flexibility index (Phi) is 10.5. The SMILES string of the molecule is CC(C)c1nc2c(c(-c3ccc(Cl)cc3)nn2C)c(-c2ccc(F)cc2)c1/C=C/C(O)CC(O)CC(=O)[O-].[Na+]. The fourth-order valence-electron chi connectivity index (χ4n) is 4.49. The topological polar surface area (TPSA) is 111 Å². The smallest absolute Gasteiger partial charge is 0.550 e. The number of hydrogen-bond acceptors (Lipinski definition) is 6.